The maximum absolute atomic E-state index is 12.6. The zero-order chi connectivity index (χ0) is 71.8. The van der Waals surface area contributed by atoms with Gasteiger partial charge in [-0.2, -0.15) is 0 Å². The minimum atomic E-state index is -0.706. The van der Waals surface area contributed by atoms with Crippen LogP contribution in [0.4, 0.5) is 0 Å². The number of allylic oxidation sites excluding steroid dienone is 1. The van der Waals surface area contributed by atoms with Crippen LogP contribution in [0.1, 0.15) is 205 Å². The van der Waals surface area contributed by atoms with Gasteiger partial charge in [0.05, 0.1) is 70.2 Å². The van der Waals surface area contributed by atoms with Crippen molar-refractivity contribution >= 4 is 59.1 Å². The van der Waals surface area contributed by atoms with Crippen molar-refractivity contribution in [1.29, 1.82) is 0 Å². The molecule has 0 spiro atoms. The smallest absolute Gasteiger partial charge is 0.333 e. The quantitative estimate of drug-likeness (QED) is 0.0284. The monoisotopic (exact) mass is 1370 g/mol. The molecule has 3 saturated heterocycles. The van der Waals surface area contributed by atoms with Crippen LogP contribution in [0.3, 0.4) is 0 Å². The van der Waals surface area contributed by atoms with Gasteiger partial charge in [0.15, 0.2) is 5.60 Å². The predicted octanol–water partition coefficient (Wildman–Crippen LogP) is 15.0. The number of benzene rings is 2. The Labute approximate surface area is 579 Å². The number of hydrogen-bond acceptors (Lipinski definition) is 20. The number of carbonyl (C=O) groups is 8. The molecule has 0 N–H and O–H groups in total. The van der Waals surface area contributed by atoms with Gasteiger partial charge in [-0.15, -0.1) is 11.3 Å². The van der Waals surface area contributed by atoms with E-state index >= 15 is 0 Å². The lowest BCUT2D eigenvalue weighted by molar-refractivity contribution is -0.176. The standard InChI is InChI=1S/C22H30O4.C21H28O5.C17H22O5S.C17H26O5/c1-5-19(25-21(24)16(2)3)15-20(23)26-22(13-7-6-8-14-22)18-11-9-17(4)10-12-18;1-5-18(25-20(23)15(2)3)14-19(22)26-21(10-12-24-13-11-21)17-8-6-16(4)7-9-17;1-4-13(21-16(19)12(2)3)10-15(18)22-17(7-8-20-11-17)14-6-5-9-23-14;1-5-7-17(8-10-20-11-9-17)22-15(18)12-14(6-2)21-16(19)13(3)4/h9-12,19H,2,5-8,13-15H2,1,3-4H3;6-9,18H,2,5,10-14H2,1,3-4H3;5-6,9,13H,2,4,7-8,10-11H2,1,3H3;5,7,14H,3,6,8-12H2,1-2,4H3/b;;;7-5+. The molecule has 1 aromatic heterocycles. The molecule has 5 atom stereocenters. The third-order valence-electron chi connectivity index (χ3n) is 17.0. The van der Waals surface area contributed by atoms with Gasteiger partial charge in [0.2, 0.25) is 0 Å². The summed E-state index contributed by atoms with van der Waals surface area (Å²) in [5.74, 6) is -3.33. The Bertz CT molecular complexity index is 2980. The van der Waals surface area contributed by atoms with E-state index in [1.165, 1.54) is 12.0 Å². The third-order valence-corrected chi connectivity index (χ3v) is 18.1. The van der Waals surface area contributed by atoms with Crippen LogP contribution in [0.25, 0.3) is 0 Å². The van der Waals surface area contributed by atoms with E-state index in [0.29, 0.717) is 120 Å². The van der Waals surface area contributed by atoms with Crippen LogP contribution in [0, 0.1) is 13.8 Å². The lowest BCUT2D eigenvalue weighted by Crippen LogP contribution is -2.40. The molecule has 1 saturated carbocycles. The normalized spacial score (nSPS) is 18.6. The van der Waals surface area contributed by atoms with Crippen molar-refractivity contribution in [2.24, 2.45) is 0 Å². The van der Waals surface area contributed by atoms with E-state index in [1.54, 1.807) is 39.0 Å². The van der Waals surface area contributed by atoms with Gasteiger partial charge in [0, 0.05) is 54.4 Å². The van der Waals surface area contributed by atoms with Crippen molar-refractivity contribution < 1.29 is 90.5 Å². The molecule has 3 aliphatic heterocycles. The molecule has 0 radical (unpaired) electrons. The van der Waals surface area contributed by atoms with Crippen molar-refractivity contribution in [3.8, 4) is 0 Å². The minimum Gasteiger partial charge on any atom is -0.458 e. The molecule has 2 aromatic carbocycles. The van der Waals surface area contributed by atoms with Crippen LogP contribution >= 0.6 is 11.3 Å². The van der Waals surface area contributed by atoms with Crippen LogP contribution in [0.15, 0.2) is 127 Å². The first-order chi connectivity index (χ1) is 46.1. The molecular formula is C77H106O19S. The molecule has 5 unspecified atom stereocenters. The van der Waals surface area contributed by atoms with Crippen LogP contribution in [0.5, 0.6) is 0 Å². The average Bonchev–Trinajstić information content (AvgIpc) is 1.28. The van der Waals surface area contributed by atoms with Crippen molar-refractivity contribution in [3.05, 3.63) is 154 Å². The number of esters is 8. The molecule has 4 heterocycles. The van der Waals surface area contributed by atoms with E-state index in [-0.39, 0.29) is 49.6 Å². The highest BCUT2D eigenvalue weighted by Crippen LogP contribution is 2.42. The molecule has 0 amide bonds. The van der Waals surface area contributed by atoms with Gasteiger partial charge in [0.25, 0.3) is 0 Å². The Hall–Kier alpha value is -7.52. The number of carbonyl (C=O) groups excluding carboxylic acids is 8. The van der Waals surface area contributed by atoms with Gasteiger partial charge in [-0.25, -0.2) is 19.2 Å². The van der Waals surface area contributed by atoms with Crippen molar-refractivity contribution in [2.45, 2.75) is 239 Å². The highest BCUT2D eigenvalue weighted by atomic mass is 32.1. The summed E-state index contributed by atoms with van der Waals surface area (Å²) in [6.07, 6.45) is 12.3. The number of aryl methyl sites for hydroxylation is 2. The second-order valence-corrected chi connectivity index (χ2v) is 26.4. The van der Waals surface area contributed by atoms with Crippen LogP contribution in [-0.2, 0) is 107 Å². The van der Waals surface area contributed by atoms with Crippen LogP contribution in [-0.4, -0.2) is 117 Å². The first-order valence-electron chi connectivity index (χ1n) is 34.0. The van der Waals surface area contributed by atoms with Crippen LogP contribution in [0.2, 0.25) is 0 Å². The van der Waals surface area contributed by atoms with Gasteiger partial charge < -0.3 is 52.1 Å². The molecule has 534 valence electrons. The Morgan fingerprint density at radius 1 is 0.454 bits per heavy atom. The van der Waals surface area contributed by atoms with Gasteiger partial charge in [-0.3, -0.25) is 19.2 Å². The fourth-order valence-corrected chi connectivity index (χ4v) is 11.9. The molecule has 19 nitrogen and oxygen atoms in total. The molecule has 4 fully saturated rings. The molecule has 1 aliphatic carbocycles. The fourth-order valence-electron chi connectivity index (χ4n) is 11.0. The summed E-state index contributed by atoms with van der Waals surface area (Å²) in [6, 6.07) is 20.2. The maximum atomic E-state index is 12.6. The van der Waals surface area contributed by atoms with E-state index < -0.39 is 70.7 Å². The van der Waals surface area contributed by atoms with Gasteiger partial charge in [0.1, 0.15) is 41.2 Å². The Balaban J connectivity index is 0.000000276. The zero-order valence-electron chi connectivity index (χ0n) is 59.3. The molecule has 3 aromatic rings. The van der Waals surface area contributed by atoms with Gasteiger partial charge in [-0.05, 0) is 128 Å². The van der Waals surface area contributed by atoms with E-state index in [4.69, 9.17) is 52.1 Å². The summed E-state index contributed by atoms with van der Waals surface area (Å²) < 4.78 is 60.8. The summed E-state index contributed by atoms with van der Waals surface area (Å²) in [4.78, 5) is 97.3. The van der Waals surface area contributed by atoms with Crippen LogP contribution < -0.4 is 0 Å². The van der Waals surface area contributed by atoms with E-state index in [1.807, 2.05) is 102 Å². The molecule has 7 rings (SSSR count). The number of hydrogen-bond donors (Lipinski definition) is 0. The number of ether oxygens (including phenoxy) is 11. The third kappa shape index (κ3) is 27.0. The van der Waals surface area contributed by atoms with Gasteiger partial charge in [-0.1, -0.05) is 132 Å². The van der Waals surface area contributed by atoms with Crippen molar-refractivity contribution in [2.75, 3.05) is 39.6 Å². The summed E-state index contributed by atoms with van der Waals surface area (Å²) >= 11 is 1.55. The summed E-state index contributed by atoms with van der Waals surface area (Å²) in [6.45, 7) is 37.2. The summed E-state index contributed by atoms with van der Waals surface area (Å²) in [5.41, 5.74) is 3.12. The van der Waals surface area contributed by atoms with E-state index in [0.717, 1.165) is 47.3 Å². The molecule has 20 heteroatoms. The van der Waals surface area contributed by atoms with E-state index in [9.17, 15) is 38.4 Å². The fraction of sp³-hybridized carbons (Fsp3) is 0.558. The van der Waals surface area contributed by atoms with Crippen molar-refractivity contribution in [3.63, 3.8) is 0 Å². The highest BCUT2D eigenvalue weighted by Gasteiger charge is 2.43. The topological polar surface area (TPSA) is 238 Å². The second-order valence-electron chi connectivity index (χ2n) is 25.4. The van der Waals surface area contributed by atoms with E-state index in [2.05, 4.69) is 50.6 Å². The molecular weight excluding hydrogens is 1260 g/mol. The average molecular weight is 1370 g/mol. The lowest BCUT2D eigenvalue weighted by atomic mass is 9.79. The highest BCUT2D eigenvalue weighted by molar-refractivity contribution is 7.10. The first kappa shape index (κ1) is 81.9. The minimum absolute atomic E-state index is 0.0304. The number of thiophene rings is 1. The predicted molar refractivity (Wildman–Crippen MR) is 371 cm³/mol. The molecule has 4 aliphatic rings. The number of rotatable bonds is 28. The SMILES string of the molecule is C=C(C)C(=O)OC(CC)CC(=O)OC1(/C=C/C)CCOCC1.C=C(C)C(=O)OC(CC)CC(=O)OC1(c2ccc(C)cc2)CCCCC1.C=C(C)C(=O)OC(CC)CC(=O)OC1(c2ccc(C)cc2)CCOCC1.C=C(C)C(=O)OC(CC)CC(=O)OC1(c2cccs2)CCOC1. The maximum Gasteiger partial charge on any atom is 0.333 e. The largest absolute Gasteiger partial charge is 0.458 e. The zero-order valence-corrected chi connectivity index (χ0v) is 60.1. The summed E-state index contributed by atoms with van der Waals surface area (Å²) in [7, 11) is 0. The Morgan fingerprint density at radius 3 is 1.10 bits per heavy atom. The van der Waals surface area contributed by atoms with Gasteiger partial charge >= 0.3 is 47.8 Å². The lowest BCUT2D eigenvalue weighted by Gasteiger charge is -2.37. The first-order valence-corrected chi connectivity index (χ1v) is 34.9. The van der Waals surface area contributed by atoms with Crippen molar-refractivity contribution in [1.82, 2.24) is 0 Å². The second kappa shape index (κ2) is 41.0. The molecule has 97 heavy (non-hydrogen) atoms. The Morgan fingerprint density at radius 2 is 0.784 bits per heavy atom. The Kier molecular flexibility index (Phi) is 34.6. The summed E-state index contributed by atoms with van der Waals surface area (Å²) in [5, 5.41) is 1.95. The molecule has 0 bridgehead atoms.